The quantitative estimate of drug-likeness (QED) is 0.792. The number of hydrogen-bond acceptors (Lipinski definition) is 6. The van der Waals surface area contributed by atoms with Gasteiger partial charge in [-0.15, -0.1) is 0 Å². The maximum atomic E-state index is 12.8. The molecule has 0 aromatic heterocycles. The highest BCUT2D eigenvalue weighted by Gasteiger charge is 2.35. The van der Waals surface area contributed by atoms with Crippen LogP contribution in [0.5, 0.6) is 17.2 Å². The third kappa shape index (κ3) is 3.52. The zero-order chi connectivity index (χ0) is 17.2. The van der Waals surface area contributed by atoms with Crippen LogP contribution in [-0.4, -0.2) is 65.1 Å². The van der Waals surface area contributed by atoms with Gasteiger partial charge in [0.15, 0.2) is 9.84 Å². The van der Waals surface area contributed by atoms with Crippen molar-refractivity contribution in [2.45, 2.75) is 12.5 Å². The lowest BCUT2D eigenvalue weighted by Crippen LogP contribution is -2.38. The van der Waals surface area contributed by atoms with Gasteiger partial charge in [0.25, 0.3) is 5.91 Å². The molecular formula is C15H21NO6S. The minimum Gasteiger partial charge on any atom is -0.496 e. The smallest absolute Gasteiger partial charge is 0.261 e. The first kappa shape index (κ1) is 17.4. The van der Waals surface area contributed by atoms with Crippen LogP contribution in [0.15, 0.2) is 12.1 Å². The van der Waals surface area contributed by atoms with Gasteiger partial charge in [0.1, 0.15) is 22.8 Å². The van der Waals surface area contributed by atoms with Gasteiger partial charge >= 0.3 is 0 Å². The summed E-state index contributed by atoms with van der Waals surface area (Å²) in [6, 6.07) is 2.84. The summed E-state index contributed by atoms with van der Waals surface area (Å²) in [5, 5.41) is 0. The van der Waals surface area contributed by atoms with Gasteiger partial charge in [-0.1, -0.05) is 0 Å². The van der Waals surface area contributed by atoms with Gasteiger partial charge in [-0.25, -0.2) is 8.42 Å². The molecule has 8 heteroatoms. The van der Waals surface area contributed by atoms with Gasteiger partial charge < -0.3 is 19.1 Å². The zero-order valence-corrected chi connectivity index (χ0v) is 14.5. The number of amides is 1. The van der Waals surface area contributed by atoms with Gasteiger partial charge in [0.2, 0.25) is 0 Å². The fraction of sp³-hybridized carbons (Fsp3) is 0.533. The highest BCUT2D eigenvalue weighted by Crippen LogP contribution is 2.35. The molecule has 1 atom stereocenters. The van der Waals surface area contributed by atoms with E-state index in [1.54, 1.807) is 19.2 Å². The molecule has 7 nitrogen and oxygen atoms in total. The fourth-order valence-corrected chi connectivity index (χ4v) is 4.41. The molecule has 1 amide bonds. The molecule has 128 valence electrons. The van der Waals surface area contributed by atoms with Crippen molar-refractivity contribution in [2.24, 2.45) is 0 Å². The zero-order valence-electron chi connectivity index (χ0n) is 13.7. The number of sulfone groups is 1. The molecule has 1 aliphatic rings. The Morgan fingerprint density at radius 3 is 2.09 bits per heavy atom. The van der Waals surface area contributed by atoms with E-state index in [1.807, 2.05) is 0 Å². The predicted octanol–water partition coefficient (Wildman–Crippen LogP) is 0.971. The largest absolute Gasteiger partial charge is 0.496 e. The Hall–Kier alpha value is -1.96. The lowest BCUT2D eigenvalue weighted by atomic mass is 10.1. The third-order valence-electron chi connectivity index (χ3n) is 4.01. The van der Waals surface area contributed by atoms with Crippen LogP contribution in [0.1, 0.15) is 16.8 Å². The van der Waals surface area contributed by atoms with Crippen molar-refractivity contribution < 1.29 is 27.4 Å². The van der Waals surface area contributed by atoms with Crippen molar-refractivity contribution >= 4 is 15.7 Å². The predicted molar refractivity (Wildman–Crippen MR) is 85.3 cm³/mol. The van der Waals surface area contributed by atoms with Gasteiger partial charge in [0.05, 0.1) is 32.8 Å². The normalized spacial score (nSPS) is 19.2. The molecule has 0 bridgehead atoms. The first-order valence-corrected chi connectivity index (χ1v) is 8.92. The lowest BCUT2D eigenvalue weighted by Gasteiger charge is -2.25. The van der Waals surface area contributed by atoms with E-state index < -0.39 is 9.84 Å². The minimum atomic E-state index is -3.07. The Balaban J connectivity index is 2.38. The van der Waals surface area contributed by atoms with Crippen LogP contribution in [0.4, 0.5) is 0 Å². The molecule has 1 aromatic rings. The summed E-state index contributed by atoms with van der Waals surface area (Å²) < 4.78 is 39.0. The summed E-state index contributed by atoms with van der Waals surface area (Å²) >= 11 is 0. The number of ether oxygens (including phenoxy) is 3. The molecule has 2 rings (SSSR count). The fourth-order valence-electron chi connectivity index (χ4n) is 2.64. The van der Waals surface area contributed by atoms with Crippen molar-refractivity contribution in [3.63, 3.8) is 0 Å². The molecule has 23 heavy (non-hydrogen) atoms. The molecule has 0 radical (unpaired) electrons. The molecule has 1 fully saturated rings. The number of hydrogen-bond donors (Lipinski definition) is 0. The monoisotopic (exact) mass is 343 g/mol. The van der Waals surface area contributed by atoms with Gasteiger partial charge in [0, 0.05) is 25.2 Å². The Morgan fingerprint density at radius 2 is 1.70 bits per heavy atom. The van der Waals surface area contributed by atoms with Crippen LogP contribution >= 0.6 is 0 Å². The van der Waals surface area contributed by atoms with E-state index in [-0.39, 0.29) is 29.0 Å². The second kappa shape index (κ2) is 6.66. The number of carbonyl (C=O) groups excluding carboxylic acids is 1. The molecule has 1 heterocycles. The molecule has 1 aromatic carbocycles. The van der Waals surface area contributed by atoms with Gasteiger partial charge in [-0.05, 0) is 6.42 Å². The molecule has 0 aliphatic carbocycles. The molecular weight excluding hydrogens is 322 g/mol. The molecule has 0 N–H and O–H groups in total. The summed E-state index contributed by atoms with van der Waals surface area (Å²) in [6.45, 7) is 0. The first-order valence-electron chi connectivity index (χ1n) is 7.10. The number of benzene rings is 1. The first-order chi connectivity index (χ1) is 10.8. The lowest BCUT2D eigenvalue weighted by molar-refractivity contribution is 0.0740. The summed E-state index contributed by atoms with van der Waals surface area (Å²) in [5.41, 5.74) is 0.252. The van der Waals surface area contributed by atoms with Gasteiger partial charge in [-0.2, -0.15) is 0 Å². The third-order valence-corrected chi connectivity index (χ3v) is 5.76. The Kier molecular flexibility index (Phi) is 5.03. The Bertz CT molecular complexity index is 675. The van der Waals surface area contributed by atoms with E-state index in [4.69, 9.17) is 14.2 Å². The summed E-state index contributed by atoms with van der Waals surface area (Å²) in [4.78, 5) is 14.3. The number of methoxy groups -OCH3 is 3. The van der Waals surface area contributed by atoms with Crippen molar-refractivity contribution in [3.05, 3.63) is 17.7 Å². The van der Waals surface area contributed by atoms with Crippen LogP contribution in [0.2, 0.25) is 0 Å². The topological polar surface area (TPSA) is 82.1 Å². The summed E-state index contributed by atoms with van der Waals surface area (Å²) in [6.07, 6.45) is 0.436. The van der Waals surface area contributed by atoms with Crippen LogP contribution in [-0.2, 0) is 9.84 Å². The highest BCUT2D eigenvalue weighted by molar-refractivity contribution is 7.91. The SMILES string of the molecule is COc1cc(OC)c(C(=O)N(C)C2CCS(=O)(=O)C2)c(OC)c1. The van der Waals surface area contributed by atoms with Crippen molar-refractivity contribution in [1.82, 2.24) is 4.90 Å². The molecule has 1 saturated heterocycles. The standard InChI is InChI=1S/C15H21NO6S/c1-16(10-5-6-23(18,19)9-10)15(17)14-12(21-3)7-11(20-2)8-13(14)22-4/h7-8,10H,5-6,9H2,1-4H3. The van der Waals surface area contributed by atoms with Crippen LogP contribution < -0.4 is 14.2 Å². The summed E-state index contributed by atoms with van der Waals surface area (Å²) in [5.74, 6) is 0.880. The van der Waals surface area contributed by atoms with Gasteiger partial charge in [-0.3, -0.25) is 4.79 Å². The molecule has 0 spiro atoms. The molecule has 1 unspecified atom stereocenters. The summed E-state index contributed by atoms with van der Waals surface area (Å²) in [7, 11) is 2.92. The van der Waals surface area contributed by atoms with Crippen molar-refractivity contribution in [3.8, 4) is 17.2 Å². The average Bonchev–Trinajstić information content (AvgIpc) is 2.91. The van der Waals surface area contributed by atoms with Crippen molar-refractivity contribution in [2.75, 3.05) is 39.9 Å². The second-order valence-corrected chi connectivity index (χ2v) is 7.61. The van der Waals surface area contributed by atoms with E-state index >= 15 is 0 Å². The molecule has 0 saturated carbocycles. The highest BCUT2D eigenvalue weighted by atomic mass is 32.2. The van der Waals surface area contributed by atoms with E-state index in [0.717, 1.165) is 0 Å². The maximum absolute atomic E-state index is 12.8. The Morgan fingerprint density at radius 1 is 1.13 bits per heavy atom. The minimum absolute atomic E-state index is 0.0178. The van der Waals surface area contributed by atoms with Crippen LogP contribution in [0.3, 0.4) is 0 Å². The van der Waals surface area contributed by atoms with E-state index in [9.17, 15) is 13.2 Å². The molecule has 1 aliphatic heterocycles. The van der Waals surface area contributed by atoms with E-state index in [1.165, 1.54) is 26.2 Å². The maximum Gasteiger partial charge on any atom is 0.261 e. The average molecular weight is 343 g/mol. The van der Waals surface area contributed by atoms with Crippen LogP contribution in [0, 0.1) is 0 Å². The number of carbonyl (C=O) groups is 1. The number of rotatable bonds is 5. The second-order valence-electron chi connectivity index (χ2n) is 5.38. The Labute approximate surface area is 136 Å². The van der Waals surface area contributed by atoms with E-state index in [0.29, 0.717) is 23.7 Å². The van der Waals surface area contributed by atoms with Crippen LogP contribution in [0.25, 0.3) is 0 Å². The van der Waals surface area contributed by atoms with E-state index in [2.05, 4.69) is 0 Å². The number of nitrogens with zero attached hydrogens (tertiary/aromatic N) is 1. The van der Waals surface area contributed by atoms with Crippen molar-refractivity contribution in [1.29, 1.82) is 0 Å².